The topological polar surface area (TPSA) is 116 Å². The van der Waals surface area contributed by atoms with Gasteiger partial charge < -0.3 is 10.1 Å². The SMILES string of the molecule is O=C(Nc1ccc(C(=O)O[C@H](C(=O)c2ccccc2)[C@H](Br)c2cccc([N+](=O)[O-])c2)cc1)c1ccccc1. The molecule has 4 rings (SSSR count). The number of alkyl halides is 1. The molecule has 38 heavy (non-hydrogen) atoms. The van der Waals surface area contributed by atoms with Gasteiger partial charge in [0.25, 0.3) is 11.6 Å². The molecule has 9 heteroatoms. The summed E-state index contributed by atoms with van der Waals surface area (Å²) in [6.45, 7) is 0. The minimum atomic E-state index is -1.32. The second-order valence-electron chi connectivity index (χ2n) is 8.21. The van der Waals surface area contributed by atoms with Crippen LogP contribution in [0.5, 0.6) is 0 Å². The number of halogens is 1. The summed E-state index contributed by atoms with van der Waals surface area (Å²) in [7, 11) is 0. The molecule has 4 aromatic rings. The summed E-state index contributed by atoms with van der Waals surface area (Å²) < 4.78 is 5.67. The molecular weight excluding hydrogens is 552 g/mol. The van der Waals surface area contributed by atoms with Gasteiger partial charge in [-0.2, -0.15) is 0 Å². The smallest absolute Gasteiger partial charge is 0.338 e. The molecule has 0 radical (unpaired) electrons. The quantitative estimate of drug-likeness (QED) is 0.0816. The van der Waals surface area contributed by atoms with E-state index in [4.69, 9.17) is 4.74 Å². The normalized spacial score (nSPS) is 12.1. The van der Waals surface area contributed by atoms with Crippen molar-refractivity contribution >= 4 is 45.0 Å². The Hall–Kier alpha value is -4.63. The molecule has 4 aromatic carbocycles. The average molecular weight is 573 g/mol. The van der Waals surface area contributed by atoms with Crippen molar-refractivity contribution in [3.8, 4) is 0 Å². The first kappa shape index (κ1) is 26.4. The lowest BCUT2D eigenvalue weighted by Gasteiger charge is -2.22. The summed E-state index contributed by atoms with van der Waals surface area (Å²) >= 11 is 3.43. The fraction of sp³-hybridized carbons (Fsp3) is 0.0690. The predicted molar refractivity (Wildman–Crippen MR) is 146 cm³/mol. The van der Waals surface area contributed by atoms with Gasteiger partial charge in [-0.15, -0.1) is 0 Å². The molecule has 0 saturated carbocycles. The Balaban J connectivity index is 1.55. The Morgan fingerprint density at radius 1 is 0.763 bits per heavy atom. The number of ketones is 1. The van der Waals surface area contributed by atoms with Gasteiger partial charge >= 0.3 is 5.97 Å². The first-order valence-electron chi connectivity index (χ1n) is 11.5. The molecule has 0 heterocycles. The number of nitro benzene ring substituents is 1. The molecule has 0 aliphatic rings. The molecule has 0 bridgehead atoms. The van der Waals surface area contributed by atoms with Crippen molar-refractivity contribution in [3.05, 3.63) is 142 Å². The molecule has 0 aliphatic heterocycles. The molecule has 190 valence electrons. The number of rotatable bonds is 9. The molecule has 0 aromatic heterocycles. The molecule has 0 spiro atoms. The number of ether oxygens (including phenoxy) is 1. The Kier molecular flexibility index (Phi) is 8.40. The summed E-state index contributed by atoms with van der Waals surface area (Å²) in [4.78, 5) is 48.7. The molecule has 0 fully saturated rings. The summed E-state index contributed by atoms with van der Waals surface area (Å²) in [6, 6.07) is 28.8. The number of nitro groups is 1. The predicted octanol–water partition coefficient (Wildman–Crippen LogP) is 6.39. The first-order chi connectivity index (χ1) is 18.3. The fourth-order valence-electron chi connectivity index (χ4n) is 3.66. The zero-order valence-electron chi connectivity index (χ0n) is 19.8. The van der Waals surface area contributed by atoms with Crippen LogP contribution in [0.3, 0.4) is 0 Å². The van der Waals surface area contributed by atoms with Gasteiger partial charge in [0.15, 0.2) is 6.10 Å². The van der Waals surface area contributed by atoms with Gasteiger partial charge in [0.2, 0.25) is 5.78 Å². The number of nitrogens with zero attached hydrogens (tertiary/aromatic N) is 1. The van der Waals surface area contributed by atoms with Crippen molar-refractivity contribution in [1.82, 2.24) is 0 Å². The van der Waals surface area contributed by atoms with Gasteiger partial charge in [0.1, 0.15) is 0 Å². The number of nitrogens with one attached hydrogen (secondary N) is 1. The number of hydrogen-bond donors (Lipinski definition) is 1. The van der Waals surface area contributed by atoms with Crippen molar-refractivity contribution in [2.75, 3.05) is 5.32 Å². The maximum absolute atomic E-state index is 13.4. The van der Waals surface area contributed by atoms with Crippen molar-refractivity contribution < 1.29 is 24.0 Å². The van der Waals surface area contributed by atoms with E-state index in [1.54, 1.807) is 72.8 Å². The van der Waals surface area contributed by atoms with E-state index in [0.29, 0.717) is 22.4 Å². The van der Waals surface area contributed by atoms with Crippen LogP contribution < -0.4 is 5.32 Å². The van der Waals surface area contributed by atoms with Gasteiger partial charge in [-0.25, -0.2) is 4.79 Å². The van der Waals surface area contributed by atoms with E-state index in [9.17, 15) is 24.5 Å². The van der Waals surface area contributed by atoms with Crippen molar-refractivity contribution in [1.29, 1.82) is 0 Å². The molecule has 0 aliphatic carbocycles. The maximum Gasteiger partial charge on any atom is 0.338 e. The molecule has 1 amide bonds. The number of carbonyl (C=O) groups is 3. The monoisotopic (exact) mass is 572 g/mol. The highest BCUT2D eigenvalue weighted by atomic mass is 79.9. The number of anilines is 1. The highest BCUT2D eigenvalue weighted by Gasteiger charge is 2.33. The second kappa shape index (κ2) is 12.1. The number of amides is 1. The van der Waals surface area contributed by atoms with E-state index in [1.165, 1.54) is 30.3 Å². The minimum Gasteiger partial charge on any atom is -0.449 e. The molecule has 1 N–H and O–H groups in total. The Labute approximate surface area is 226 Å². The van der Waals surface area contributed by atoms with E-state index in [0.717, 1.165) is 0 Å². The Bertz CT molecular complexity index is 1460. The number of carbonyl (C=O) groups excluding carboxylic acids is 3. The van der Waals surface area contributed by atoms with E-state index < -0.39 is 27.6 Å². The highest BCUT2D eigenvalue weighted by Crippen LogP contribution is 2.33. The lowest BCUT2D eigenvalue weighted by Crippen LogP contribution is -2.31. The molecule has 8 nitrogen and oxygen atoms in total. The van der Waals surface area contributed by atoms with Gasteiger partial charge in [-0.05, 0) is 42.0 Å². The second-order valence-corrected chi connectivity index (χ2v) is 9.19. The molecule has 2 atom stereocenters. The van der Waals surface area contributed by atoms with Crippen molar-refractivity contribution in [2.45, 2.75) is 10.9 Å². The van der Waals surface area contributed by atoms with Crippen LogP contribution in [0.2, 0.25) is 0 Å². The zero-order chi connectivity index (χ0) is 27.1. The number of esters is 1. The van der Waals surface area contributed by atoms with Crippen LogP contribution in [-0.4, -0.2) is 28.7 Å². The van der Waals surface area contributed by atoms with Crippen LogP contribution in [0.4, 0.5) is 11.4 Å². The Morgan fingerprint density at radius 2 is 1.37 bits per heavy atom. The number of hydrogen-bond acceptors (Lipinski definition) is 6. The largest absolute Gasteiger partial charge is 0.449 e. The van der Waals surface area contributed by atoms with Crippen LogP contribution in [0.15, 0.2) is 109 Å². The number of Topliss-reactive ketones (excluding diaryl/α,β-unsaturated/α-hetero) is 1. The summed E-state index contributed by atoms with van der Waals surface area (Å²) in [5, 5.41) is 14.0. The fourth-order valence-corrected chi connectivity index (χ4v) is 4.30. The van der Waals surface area contributed by atoms with Gasteiger partial charge in [0.05, 0.1) is 15.3 Å². The highest BCUT2D eigenvalue weighted by molar-refractivity contribution is 9.09. The third kappa shape index (κ3) is 6.37. The third-order valence-corrected chi connectivity index (χ3v) is 6.64. The van der Waals surface area contributed by atoms with E-state index in [-0.39, 0.29) is 17.2 Å². The maximum atomic E-state index is 13.4. The molecule has 0 saturated heterocycles. The molecular formula is C29H21BrN2O6. The third-order valence-electron chi connectivity index (χ3n) is 5.63. The van der Waals surface area contributed by atoms with E-state index in [1.807, 2.05) is 6.07 Å². The standard InChI is InChI=1S/C29H21BrN2O6/c30-25(22-12-7-13-24(18-22)32(36)37)27(26(33)19-8-3-1-4-9-19)38-29(35)21-14-16-23(17-15-21)31-28(34)20-10-5-2-6-11-20/h1-18,25,27H,(H,31,34)/t25-,27+/m1/s1. The van der Waals surface area contributed by atoms with Crippen molar-refractivity contribution in [2.24, 2.45) is 0 Å². The molecule has 0 unspecified atom stereocenters. The van der Waals surface area contributed by atoms with Gasteiger partial charge in [0, 0.05) is 28.9 Å². The van der Waals surface area contributed by atoms with Crippen LogP contribution in [0.25, 0.3) is 0 Å². The zero-order valence-corrected chi connectivity index (χ0v) is 21.4. The van der Waals surface area contributed by atoms with Gasteiger partial charge in [-0.3, -0.25) is 19.7 Å². The number of benzene rings is 4. The first-order valence-corrected chi connectivity index (χ1v) is 12.4. The lowest BCUT2D eigenvalue weighted by atomic mass is 9.99. The van der Waals surface area contributed by atoms with Crippen molar-refractivity contribution in [3.63, 3.8) is 0 Å². The van der Waals surface area contributed by atoms with Crippen LogP contribution in [0.1, 0.15) is 41.5 Å². The van der Waals surface area contributed by atoms with Gasteiger partial charge in [-0.1, -0.05) is 76.6 Å². The van der Waals surface area contributed by atoms with Crippen LogP contribution in [-0.2, 0) is 4.74 Å². The Morgan fingerprint density at radius 3 is 1.97 bits per heavy atom. The average Bonchev–Trinajstić information content (AvgIpc) is 2.96. The van der Waals surface area contributed by atoms with E-state index in [2.05, 4.69) is 21.2 Å². The summed E-state index contributed by atoms with van der Waals surface area (Å²) in [5.41, 5.74) is 1.69. The van der Waals surface area contributed by atoms with Crippen LogP contribution >= 0.6 is 15.9 Å². The minimum absolute atomic E-state index is 0.155. The van der Waals surface area contributed by atoms with E-state index >= 15 is 0 Å². The number of non-ortho nitro benzene ring substituents is 1. The van der Waals surface area contributed by atoms with Crippen LogP contribution in [0, 0.1) is 10.1 Å². The summed E-state index contributed by atoms with van der Waals surface area (Å²) in [6.07, 6.45) is -1.32. The lowest BCUT2D eigenvalue weighted by molar-refractivity contribution is -0.384. The summed E-state index contributed by atoms with van der Waals surface area (Å²) in [5.74, 6) is -1.54.